The summed E-state index contributed by atoms with van der Waals surface area (Å²) in [5.41, 5.74) is 6.22. The van der Waals surface area contributed by atoms with Crippen molar-refractivity contribution in [2.45, 2.75) is 0 Å². The van der Waals surface area contributed by atoms with Crippen LogP contribution in [0.5, 0.6) is 0 Å². The second-order valence-corrected chi connectivity index (χ2v) is 3.98. The molecule has 0 atom stereocenters. The molecule has 3 N–H and O–H groups in total. The molecule has 0 spiro atoms. The average molecular weight is 266 g/mol. The summed E-state index contributed by atoms with van der Waals surface area (Å²) in [6.45, 7) is 0. The monoisotopic (exact) mass is 265 g/mol. The van der Waals surface area contributed by atoms with Gasteiger partial charge in [0.2, 0.25) is 0 Å². The van der Waals surface area contributed by atoms with E-state index in [0.717, 1.165) is 6.20 Å². The molecule has 1 amide bonds. The van der Waals surface area contributed by atoms with Crippen LogP contribution in [-0.2, 0) is 0 Å². The minimum atomic E-state index is -0.477. The van der Waals surface area contributed by atoms with E-state index in [9.17, 15) is 9.18 Å². The fraction of sp³-hybridized carbons (Fsp3) is 0. The van der Waals surface area contributed by atoms with Crippen LogP contribution in [0, 0.1) is 5.82 Å². The number of hydrogen-bond acceptors (Lipinski definition) is 3. The number of anilines is 2. The number of benzene rings is 1. The highest BCUT2D eigenvalue weighted by atomic mass is 35.5. The third-order valence-corrected chi connectivity index (χ3v) is 2.46. The zero-order valence-corrected chi connectivity index (χ0v) is 9.91. The van der Waals surface area contributed by atoms with E-state index in [2.05, 4.69) is 10.3 Å². The third kappa shape index (κ3) is 2.75. The molecule has 1 aromatic heterocycles. The van der Waals surface area contributed by atoms with Crippen molar-refractivity contribution in [2.75, 3.05) is 11.1 Å². The van der Waals surface area contributed by atoms with E-state index in [1.54, 1.807) is 6.07 Å². The van der Waals surface area contributed by atoms with Crippen LogP contribution in [0.2, 0.25) is 5.02 Å². The van der Waals surface area contributed by atoms with Crippen LogP contribution in [0.1, 0.15) is 10.4 Å². The number of nitrogens with zero attached hydrogens (tertiary/aromatic N) is 1. The molecule has 4 nitrogen and oxygen atoms in total. The highest BCUT2D eigenvalue weighted by molar-refractivity contribution is 6.31. The number of hydrogen-bond donors (Lipinski definition) is 2. The minimum absolute atomic E-state index is 0.237. The van der Waals surface area contributed by atoms with Gasteiger partial charge in [-0.25, -0.2) is 9.37 Å². The van der Waals surface area contributed by atoms with Gasteiger partial charge in [0.15, 0.2) is 0 Å². The maximum absolute atomic E-state index is 12.7. The summed E-state index contributed by atoms with van der Waals surface area (Å²) in [7, 11) is 0. The quantitative estimate of drug-likeness (QED) is 0.821. The first-order valence-corrected chi connectivity index (χ1v) is 5.42. The molecule has 0 saturated carbocycles. The van der Waals surface area contributed by atoms with Crippen molar-refractivity contribution in [1.82, 2.24) is 4.98 Å². The van der Waals surface area contributed by atoms with E-state index in [-0.39, 0.29) is 11.4 Å². The molecule has 0 unspecified atom stereocenters. The Morgan fingerprint density at radius 1 is 1.33 bits per heavy atom. The van der Waals surface area contributed by atoms with Crippen molar-refractivity contribution < 1.29 is 9.18 Å². The van der Waals surface area contributed by atoms with Gasteiger partial charge in [0.05, 0.1) is 11.8 Å². The molecule has 0 fully saturated rings. The van der Waals surface area contributed by atoms with Crippen molar-refractivity contribution >= 4 is 29.0 Å². The number of pyridine rings is 1. The summed E-state index contributed by atoms with van der Waals surface area (Å²) in [5.74, 6) is -0.690. The summed E-state index contributed by atoms with van der Waals surface area (Å²) < 4.78 is 12.7. The minimum Gasteiger partial charge on any atom is -0.398 e. The zero-order valence-electron chi connectivity index (χ0n) is 9.15. The fourth-order valence-electron chi connectivity index (χ4n) is 1.36. The molecule has 0 aliphatic carbocycles. The van der Waals surface area contributed by atoms with E-state index in [4.69, 9.17) is 17.3 Å². The Labute approximate surface area is 108 Å². The predicted octanol–water partition coefficient (Wildman–Crippen LogP) is 2.71. The second kappa shape index (κ2) is 5.01. The Balaban J connectivity index is 2.21. The van der Waals surface area contributed by atoms with Crippen LogP contribution in [0.4, 0.5) is 15.9 Å². The number of carbonyl (C=O) groups excluding carboxylic acids is 1. The maximum atomic E-state index is 12.7. The topological polar surface area (TPSA) is 68.0 Å². The summed E-state index contributed by atoms with van der Waals surface area (Å²) in [6, 6.07) is 7.13. The van der Waals surface area contributed by atoms with E-state index in [1.165, 1.54) is 24.3 Å². The van der Waals surface area contributed by atoms with Gasteiger partial charge >= 0.3 is 0 Å². The molecule has 0 aliphatic rings. The third-order valence-electron chi connectivity index (χ3n) is 2.23. The Kier molecular flexibility index (Phi) is 3.43. The number of halogens is 2. The van der Waals surface area contributed by atoms with Gasteiger partial charge in [-0.1, -0.05) is 11.6 Å². The number of rotatable bonds is 2. The first-order valence-electron chi connectivity index (χ1n) is 5.04. The summed E-state index contributed by atoms with van der Waals surface area (Å²) in [4.78, 5) is 15.6. The SMILES string of the molecule is Nc1ccc(Cl)cc1C(=O)Nc1ccc(F)cn1. The van der Waals surface area contributed by atoms with Gasteiger partial charge in [-0.05, 0) is 30.3 Å². The van der Waals surface area contributed by atoms with Crippen LogP contribution in [0.25, 0.3) is 0 Å². The number of nitrogens with two attached hydrogens (primary N) is 1. The lowest BCUT2D eigenvalue weighted by Crippen LogP contribution is -2.14. The summed E-state index contributed by atoms with van der Waals surface area (Å²) in [5, 5.41) is 2.90. The average Bonchev–Trinajstić information content (AvgIpc) is 2.35. The van der Waals surface area contributed by atoms with Gasteiger partial charge in [0.25, 0.3) is 5.91 Å². The van der Waals surface area contributed by atoms with Gasteiger partial charge in [0, 0.05) is 10.7 Å². The molecule has 2 aromatic rings. The molecule has 1 aromatic carbocycles. The van der Waals surface area contributed by atoms with Gasteiger partial charge in [-0.2, -0.15) is 0 Å². The van der Waals surface area contributed by atoms with Crippen molar-refractivity contribution in [3.63, 3.8) is 0 Å². The molecule has 0 bridgehead atoms. The summed E-state index contributed by atoms with van der Waals surface area (Å²) in [6.07, 6.45) is 1.01. The predicted molar refractivity (Wildman–Crippen MR) is 68.0 cm³/mol. The first-order chi connectivity index (χ1) is 8.56. The Bertz CT molecular complexity index is 586. The Hall–Kier alpha value is -2.14. The lowest BCUT2D eigenvalue weighted by Gasteiger charge is -2.07. The Morgan fingerprint density at radius 3 is 2.78 bits per heavy atom. The molecule has 0 saturated heterocycles. The lowest BCUT2D eigenvalue weighted by molar-refractivity contribution is 0.102. The van der Waals surface area contributed by atoms with Gasteiger partial charge in [-0.15, -0.1) is 0 Å². The van der Waals surface area contributed by atoms with Crippen LogP contribution in [0.15, 0.2) is 36.5 Å². The van der Waals surface area contributed by atoms with Crippen LogP contribution in [-0.4, -0.2) is 10.9 Å². The van der Waals surface area contributed by atoms with Gasteiger partial charge in [-0.3, -0.25) is 4.79 Å². The standard InChI is InChI=1S/C12H9ClFN3O/c13-7-1-3-10(15)9(5-7)12(18)17-11-4-2-8(14)6-16-11/h1-6H,15H2,(H,16,17,18). The van der Waals surface area contributed by atoms with E-state index in [1.807, 2.05) is 0 Å². The zero-order chi connectivity index (χ0) is 13.1. The van der Waals surface area contributed by atoms with Gasteiger partial charge in [0.1, 0.15) is 11.6 Å². The van der Waals surface area contributed by atoms with Crippen LogP contribution in [0.3, 0.4) is 0 Å². The molecule has 92 valence electrons. The van der Waals surface area contributed by atoms with Crippen molar-refractivity contribution in [3.8, 4) is 0 Å². The Morgan fingerprint density at radius 2 is 2.11 bits per heavy atom. The number of carbonyl (C=O) groups is 1. The molecular formula is C12H9ClFN3O. The molecule has 0 aliphatic heterocycles. The van der Waals surface area contributed by atoms with E-state index >= 15 is 0 Å². The molecule has 6 heteroatoms. The van der Waals surface area contributed by atoms with Crippen molar-refractivity contribution in [2.24, 2.45) is 0 Å². The number of aromatic nitrogens is 1. The first kappa shape index (κ1) is 12.3. The molecule has 18 heavy (non-hydrogen) atoms. The number of nitrogen functional groups attached to an aromatic ring is 1. The van der Waals surface area contributed by atoms with Crippen molar-refractivity contribution in [3.05, 3.63) is 52.9 Å². The molecule has 2 rings (SSSR count). The smallest absolute Gasteiger partial charge is 0.258 e. The lowest BCUT2D eigenvalue weighted by atomic mass is 10.1. The van der Waals surface area contributed by atoms with E-state index in [0.29, 0.717) is 10.7 Å². The van der Waals surface area contributed by atoms with Crippen LogP contribution < -0.4 is 11.1 Å². The van der Waals surface area contributed by atoms with Crippen molar-refractivity contribution in [1.29, 1.82) is 0 Å². The van der Waals surface area contributed by atoms with Gasteiger partial charge < -0.3 is 11.1 Å². The fourth-order valence-corrected chi connectivity index (χ4v) is 1.53. The summed E-state index contributed by atoms with van der Waals surface area (Å²) >= 11 is 5.78. The number of amides is 1. The van der Waals surface area contributed by atoms with Crippen LogP contribution >= 0.6 is 11.6 Å². The highest BCUT2D eigenvalue weighted by Gasteiger charge is 2.11. The second-order valence-electron chi connectivity index (χ2n) is 3.55. The number of nitrogens with one attached hydrogen (secondary N) is 1. The highest BCUT2D eigenvalue weighted by Crippen LogP contribution is 2.19. The maximum Gasteiger partial charge on any atom is 0.258 e. The molecular weight excluding hydrogens is 257 g/mol. The van der Waals surface area contributed by atoms with E-state index < -0.39 is 11.7 Å². The largest absolute Gasteiger partial charge is 0.398 e. The molecule has 1 heterocycles. The molecule has 0 radical (unpaired) electrons. The normalized spacial score (nSPS) is 10.1.